The summed E-state index contributed by atoms with van der Waals surface area (Å²) in [5.74, 6) is -0.171. The third-order valence-electron chi connectivity index (χ3n) is 3.17. The Morgan fingerprint density at radius 3 is 2.62 bits per heavy atom. The van der Waals surface area contributed by atoms with Crippen LogP contribution in [0.5, 0.6) is 11.5 Å². The van der Waals surface area contributed by atoms with Crippen LogP contribution in [-0.2, 0) is 29.0 Å². The number of amides is 1. The van der Waals surface area contributed by atoms with Gasteiger partial charge in [0.1, 0.15) is 5.01 Å². The number of hydrogen-bond acceptors (Lipinski definition) is 7. The van der Waals surface area contributed by atoms with Gasteiger partial charge in [0, 0.05) is 24.3 Å². The van der Waals surface area contributed by atoms with Crippen molar-refractivity contribution in [1.29, 1.82) is 0 Å². The highest BCUT2D eigenvalue weighted by atomic mass is 32.1. The molecule has 0 atom stereocenters. The van der Waals surface area contributed by atoms with Crippen LogP contribution in [0.2, 0.25) is 0 Å². The van der Waals surface area contributed by atoms with Crippen molar-refractivity contribution in [2.24, 2.45) is 0 Å². The summed E-state index contributed by atoms with van der Waals surface area (Å²) in [6.45, 7) is 0.344. The summed E-state index contributed by atoms with van der Waals surface area (Å²) in [4.78, 5) is 26.6. The molecule has 7 nitrogen and oxygen atoms in total. The molecule has 0 unspecified atom stereocenters. The van der Waals surface area contributed by atoms with Crippen LogP contribution in [0.4, 0.5) is 0 Å². The molecule has 2 aromatic rings. The molecule has 0 aliphatic heterocycles. The van der Waals surface area contributed by atoms with E-state index in [1.54, 1.807) is 31.7 Å². The smallest absolute Gasteiger partial charge is 0.227 e. The molecular weight excluding hydrogens is 332 g/mol. The van der Waals surface area contributed by atoms with Gasteiger partial charge in [-0.15, -0.1) is 11.3 Å². The third-order valence-corrected chi connectivity index (χ3v) is 4.07. The van der Waals surface area contributed by atoms with Gasteiger partial charge in [-0.3, -0.25) is 4.79 Å². The maximum Gasteiger partial charge on any atom is 0.227 e. The number of rotatable bonds is 8. The molecule has 0 spiro atoms. The maximum absolute atomic E-state index is 12.0. The number of nitrogens with one attached hydrogen (secondary N) is 1. The quantitative estimate of drug-likeness (QED) is 0.736. The predicted molar refractivity (Wildman–Crippen MR) is 85.9 cm³/mol. The van der Waals surface area contributed by atoms with Gasteiger partial charge in [-0.05, 0) is 17.7 Å². The van der Waals surface area contributed by atoms with E-state index >= 15 is 0 Å². The molecule has 0 saturated heterocycles. The van der Waals surface area contributed by atoms with Crippen LogP contribution in [0.1, 0.15) is 16.3 Å². The Labute approximate surface area is 143 Å². The van der Waals surface area contributed by atoms with Crippen LogP contribution in [-0.4, -0.2) is 31.1 Å². The SMILES string of the molecule is COc1ccc(CNC(=O)Cc2nc(CC(=O)[O-])cs2)cc1OC. The number of carbonyl (C=O) groups excluding carboxylic acids is 2. The first-order valence-electron chi connectivity index (χ1n) is 7.12. The van der Waals surface area contributed by atoms with Crippen LogP contribution in [0, 0.1) is 0 Å². The Morgan fingerprint density at radius 2 is 1.96 bits per heavy atom. The lowest BCUT2D eigenvalue weighted by Crippen LogP contribution is -2.25. The number of aliphatic carboxylic acids is 1. The lowest BCUT2D eigenvalue weighted by Gasteiger charge is -2.10. The predicted octanol–water partition coefficient (Wildman–Crippen LogP) is 0.312. The largest absolute Gasteiger partial charge is 0.550 e. The van der Waals surface area contributed by atoms with E-state index in [4.69, 9.17) is 9.47 Å². The van der Waals surface area contributed by atoms with E-state index in [1.165, 1.54) is 11.3 Å². The van der Waals surface area contributed by atoms with Crippen molar-refractivity contribution in [3.8, 4) is 11.5 Å². The molecule has 1 heterocycles. The van der Waals surface area contributed by atoms with Gasteiger partial charge in [-0.1, -0.05) is 6.07 Å². The summed E-state index contributed by atoms with van der Waals surface area (Å²) in [6.07, 6.45) is -0.144. The number of carboxylic acids is 1. The number of carboxylic acid groups (broad SMARTS) is 1. The van der Waals surface area contributed by atoms with E-state index < -0.39 is 5.97 Å². The molecule has 2 rings (SSSR count). The van der Waals surface area contributed by atoms with Crippen LogP contribution in [0.3, 0.4) is 0 Å². The number of carbonyl (C=O) groups is 2. The second kappa shape index (κ2) is 8.30. The van der Waals surface area contributed by atoms with Gasteiger partial charge >= 0.3 is 0 Å². The van der Waals surface area contributed by atoms with Crippen LogP contribution in [0.15, 0.2) is 23.6 Å². The molecular formula is C16H17N2O5S-. The Kier molecular flexibility index (Phi) is 6.14. The average molecular weight is 349 g/mol. The van der Waals surface area contributed by atoms with Crippen LogP contribution >= 0.6 is 11.3 Å². The monoisotopic (exact) mass is 349 g/mol. The first-order chi connectivity index (χ1) is 11.5. The molecule has 0 saturated carbocycles. The molecule has 1 N–H and O–H groups in total. The molecule has 0 aliphatic rings. The van der Waals surface area contributed by atoms with Gasteiger partial charge in [0.25, 0.3) is 0 Å². The summed E-state index contributed by atoms with van der Waals surface area (Å²) in [5, 5.41) is 15.5. The summed E-state index contributed by atoms with van der Waals surface area (Å²) in [6, 6.07) is 5.40. The Bertz CT molecular complexity index is 729. The fourth-order valence-corrected chi connectivity index (χ4v) is 2.84. The van der Waals surface area contributed by atoms with Gasteiger partial charge in [0.2, 0.25) is 5.91 Å². The highest BCUT2D eigenvalue weighted by Gasteiger charge is 2.09. The molecule has 8 heteroatoms. The first kappa shape index (κ1) is 17.7. The number of methoxy groups -OCH3 is 2. The molecule has 0 bridgehead atoms. The zero-order valence-electron chi connectivity index (χ0n) is 13.3. The van der Waals surface area contributed by atoms with Crippen molar-refractivity contribution in [2.75, 3.05) is 14.2 Å². The normalized spacial score (nSPS) is 10.2. The van der Waals surface area contributed by atoms with Crippen LogP contribution in [0.25, 0.3) is 0 Å². The van der Waals surface area contributed by atoms with Gasteiger partial charge < -0.3 is 24.7 Å². The number of nitrogens with zero attached hydrogens (tertiary/aromatic N) is 1. The minimum Gasteiger partial charge on any atom is -0.550 e. The molecule has 128 valence electrons. The number of benzene rings is 1. The Morgan fingerprint density at radius 1 is 1.21 bits per heavy atom. The Balaban J connectivity index is 1.89. The fraction of sp³-hybridized carbons (Fsp3) is 0.312. The summed E-state index contributed by atoms with van der Waals surface area (Å²) >= 11 is 1.25. The highest BCUT2D eigenvalue weighted by Crippen LogP contribution is 2.27. The van der Waals surface area contributed by atoms with Gasteiger partial charge in [-0.25, -0.2) is 4.98 Å². The lowest BCUT2D eigenvalue weighted by molar-refractivity contribution is -0.304. The molecule has 1 aromatic carbocycles. The van der Waals surface area contributed by atoms with Crippen molar-refractivity contribution in [1.82, 2.24) is 10.3 Å². The van der Waals surface area contributed by atoms with E-state index in [1.807, 2.05) is 6.07 Å². The molecule has 1 aromatic heterocycles. The second-order valence-corrected chi connectivity index (χ2v) is 5.87. The van der Waals surface area contributed by atoms with E-state index in [9.17, 15) is 14.7 Å². The van der Waals surface area contributed by atoms with E-state index in [0.717, 1.165) is 5.56 Å². The van der Waals surface area contributed by atoms with E-state index in [-0.39, 0.29) is 18.7 Å². The van der Waals surface area contributed by atoms with Gasteiger partial charge in [0.05, 0.1) is 26.3 Å². The number of ether oxygens (including phenoxy) is 2. The second-order valence-electron chi connectivity index (χ2n) is 4.92. The minimum atomic E-state index is -1.19. The summed E-state index contributed by atoms with van der Waals surface area (Å²) < 4.78 is 10.4. The average Bonchev–Trinajstić information content (AvgIpc) is 2.98. The fourth-order valence-electron chi connectivity index (χ4n) is 2.05. The van der Waals surface area contributed by atoms with Gasteiger partial charge in [0.15, 0.2) is 11.5 Å². The number of hydrogen-bond donors (Lipinski definition) is 1. The van der Waals surface area contributed by atoms with Crippen molar-refractivity contribution in [2.45, 2.75) is 19.4 Å². The molecule has 1 amide bonds. The molecule has 0 aliphatic carbocycles. The van der Waals surface area contributed by atoms with Crippen molar-refractivity contribution in [3.63, 3.8) is 0 Å². The van der Waals surface area contributed by atoms with Crippen molar-refractivity contribution in [3.05, 3.63) is 39.8 Å². The topological polar surface area (TPSA) is 101 Å². The van der Waals surface area contributed by atoms with Crippen molar-refractivity contribution >= 4 is 23.2 Å². The van der Waals surface area contributed by atoms with E-state index in [0.29, 0.717) is 28.7 Å². The number of aromatic nitrogens is 1. The molecule has 0 radical (unpaired) electrons. The summed E-state index contributed by atoms with van der Waals surface area (Å²) in [5.41, 5.74) is 1.28. The van der Waals surface area contributed by atoms with Crippen LogP contribution < -0.4 is 19.9 Å². The zero-order valence-corrected chi connectivity index (χ0v) is 14.1. The third kappa shape index (κ3) is 4.95. The highest BCUT2D eigenvalue weighted by molar-refractivity contribution is 7.09. The van der Waals surface area contributed by atoms with Crippen molar-refractivity contribution < 1.29 is 24.2 Å². The van der Waals surface area contributed by atoms with Gasteiger partial charge in [-0.2, -0.15) is 0 Å². The zero-order chi connectivity index (χ0) is 17.5. The summed E-state index contributed by atoms with van der Waals surface area (Å²) in [7, 11) is 3.11. The molecule has 0 fully saturated rings. The Hall–Kier alpha value is -2.61. The van der Waals surface area contributed by atoms with E-state index in [2.05, 4.69) is 10.3 Å². The standard InChI is InChI=1S/C16H18N2O5S/c1-22-12-4-3-10(5-13(12)23-2)8-17-14(19)7-15-18-11(9-24-15)6-16(20)21/h3-5,9H,6-8H2,1-2H3,(H,17,19)(H,20,21)/p-1. The maximum atomic E-state index is 12.0. The number of thiazole rings is 1. The lowest BCUT2D eigenvalue weighted by atomic mass is 10.2. The first-order valence-corrected chi connectivity index (χ1v) is 8.00. The molecule has 24 heavy (non-hydrogen) atoms. The minimum absolute atomic E-state index is 0.102.